The molecule has 0 fully saturated rings. The number of rotatable bonds is 8. The van der Waals surface area contributed by atoms with Crippen molar-refractivity contribution in [2.75, 3.05) is 36.8 Å². The number of halogens is 1. The van der Waals surface area contributed by atoms with Crippen LogP contribution in [-0.2, 0) is 0 Å². The number of fused-ring (bicyclic) bond motifs is 1. The van der Waals surface area contributed by atoms with Gasteiger partial charge in [-0.25, -0.2) is 14.4 Å². The van der Waals surface area contributed by atoms with E-state index in [1.807, 2.05) is 55.5 Å². The van der Waals surface area contributed by atoms with Crippen molar-refractivity contribution in [1.29, 1.82) is 0 Å². The van der Waals surface area contributed by atoms with Crippen LogP contribution in [-0.4, -0.2) is 53.8 Å². The first-order valence-corrected chi connectivity index (χ1v) is 13.6. The van der Waals surface area contributed by atoms with Crippen LogP contribution in [0.5, 0.6) is 11.5 Å². The zero-order valence-electron chi connectivity index (χ0n) is 25.0. The molecule has 11 heteroatoms. The number of hydrogen-bond donors (Lipinski definition) is 4. The predicted octanol–water partition coefficient (Wildman–Crippen LogP) is 5.79. The molecule has 44 heavy (non-hydrogen) atoms. The van der Waals surface area contributed by atoms with Gasteiger partial charge in [0.1, 0.15) is 17.3 Å². The van der Waals surface area contributed by atoms with E-state index in [4.69, 9.17) is 9.47 Å². The van der Waals surface area contributed by atoms with Crippen molar-refractivity contribution >= 4 is 40.0 Å². The number of nitrogens with one attached hydrogen (secondary N) is 2. The third kappa shape index (κ3) is 7.97. The van der Waals surface area contributed by atoms with Gasteiger partial charge >= 0.3 is 0 Å². The summed E-state index contributed by atoms with van der Waals surface area (Å²) in [7, 11) is 4.65. The van der Waals surface area contributed by atoms with Crippen LogP contribution >= 0.6 is 0 Å². The quantitative estimate of drug-likeness (QED) is 0.164. The molecular formula is C33H34FN5O5. The van der Waals surface area contributed by atoms with E-state index in [1.54, 1.807) is 45.4 Å². The standard InChI is InChI=1S/C18H20N4O4.C15H14FNO/c1-22(18(23)24)17-16(20-14-6-4-5-7-15(14)21-17)19-11-8-12(25-2)10-13(9-11)26-3;1-10-4-3-5-13(8-10)17-15(18)12-6-7-14(16)11(2)9-12/h4-10,18,23-24H,1-3H3,(H,19,20);3-9H,1-2H3,(H,17,18). The lowest BCUT2D eigenvalue weighted by molar-refractivity contribution is -0.0375. The highest BCUT2D eigenvalue weighted by Gasteiger charge is 2.18. The molecule has 4 N–H and O–H groups in total. The van der Waals surface area contributed by atoms with E-state index in [9.17, 15) is 19.4 Å². The zero-order valence-corrected chi connectivity index (χ0v) is 25.0. The van der Waals surface area contributed by atoms with E-state index in [0.29, 0.717) is 51.0 Å². The summed E-state index contributed by atoms with van der Waals surface area (Å²) in [5.74, 6) is 1.34. The van der Waals surface area contributed by atoms with Crippen LogP contribution in [0, 0.1) is 19.7 Å². The van der Waals surface area contributed by atoms with Crippen LogP contribution in [0.25, 0.3) is 11.0 Å². The van der Waals surface area contributed by atoms with Crippen molar-refractivity contribution < 1.29 is 28.9 Å². The Morgan fingerprint density at radius 3 is 2.09 bits per heavy atom. The molecule has 0 saturated carbocycles. The topological polar surface area (TPSA) is 129 Å². The summed E-state index contributed by atoms with van der Waals surface area (Å²) in [6.07, 6.45) is -1.72. The third-order valence-electron chi connectivity index (χ3n) is 6.54. The molecule has 0 atom stereocenters. The molecule has 5 aromatic rings. The summed E-state index contributed by atoms with van der Waals surface area (Å²) in [5, 5.41) is 25.0. The lowest BCUT2D eigenvalue weighted by atomic mass is 10.1. The number of ether oxygens (including phenoxy) is 2. The SMILES string of the molecule is COc1cc(Nc2nc3ccccc3nc2N(C)C(O)O)cc(OC)c1.Cc1cccc(NC(=O)c2ccc(F)c(C)c2)c1. The van der Waals surface area contributed by atoms with E-state index in [2.05, 4.69) is 20.6 Å². The number of benzene rings is 4. The van der Waals surface area contributed by atoms with Gasteiger partial charge < -0.3 is 35.2 Å². The fourth-order valence-electron chi connectivity index (χ4n) is 4.16. The Bertz CT molecular complexity index is 1740. The molecule has 0 bridgehead atoms. The largest absolute Gasteiger partial charge is 0.497 e. The summed E-state index contributed by atoms with van der Waals surface area (Å²) < 4.78 is 23.7. The Morgan fingerprint density at radius 2 is 1.50 bits per heavy atom. The minimum Gasteiger partial charge on any atom is -0.497 e. The van der Waals surface area contributed by atoms with Crippen molar-refractivity contribution in [2.45, 2.75) is 20.3 Å². The highest BCUT2D eigenvalue weighted by Crippen LogP contribution is 2.31. The van der Waals surface area contributed by atoms with Gasteiger partial charge in [-0.1, -0.05) is 24.3 Å². The number of aromatic nitrogens is 2. The number of carbonyl (C=O) groups is 1. The van der Waals surface area contributed by atoms with Gasteiger partial charge in [0, 0.05) is 42.2 Å². The van der Waals surface area contributed by atoms with Gasteiger partial charge in [-0.15, -0.1) is 0 Å². The molecule has 0 aliphatic rings. The maximum Gasteiger partial charge on any atom is 0.255 e. The summed E-state index contributed by atoms with van der Waals surface area (Å²) in [6, 6.07) is 24.5. The van der Waals surface area contributed by atoms with Crippen molar-refractivity contribution in [3.05, 3.63) is 107 Å². The average Bonchev–Trinajstić information content (AvgIpc) is 3.01. The van der Waals surface area contributed by atoms with Crippen molar-refractivity contribution in [1.82, 2.24) is 9.97 Å². The van der Waals surface area contributed by atoms with E-state index in [0.717, 1.165) is 11.3 Å². The number of amides is 1. The van der Waals surface area contributed by atoms with E-state index < -0.39 is 6.41 Å². The number of anilines is 4. The molecule has 0 saturated heterocycles. The number of aryl methyl sites for hydroxylation is 2. The van der Waals surface area contributed by atoms with Crippen LogP contribution in [0.2, 0.25) is 0 Å². The number of nitrogens with zero attached hydrogens (tertiary/aromatic N) is 3. The molecule has 228 valence electrons. The summed E-state index contributed by atoms with van der Waals surface area (Å²) in [5.41, 5.74) is 4.71. The first kappa shape index (κ1) is 31.7. The molecule has 4 aromatic carbocycles. The Morgan fingerprint density at radius 1 is 0.841 bits per heavy atom. The number of methoxy groups -OCH3 is 2. The van der Waals surface area contributed by atoms with Gasteiger partial charge in [-0.3, -0.25) is 4.79 Å². The monoisotopic (exact) mass is 599 g/mol. The van der Waals surface area contributed by atoms with Crippen LogP contribution in [0.3, 0.4) is 0 Å². The molecule has 1 amide bonds. The maximum atomic E-state index is 13.1. The number of aliphatic hydroxyl groups is 2. The Balaban J connectivity index is 0.000000215. The Hall–Kier alpha value is -5.26. The molecule has 5 rings (SSSR count). The normalized spacial score (nSPS) is 10.6. The van der Waals surface area contributed by atoms with Crippen LogP contribution in [0.1, 0.15) is 21.5 Å². The number of para-hydroxylation sites is 2. The third-order valence-corrected chi connectivity index (χ3v) is 6.54. The van der Waals surface area contributed by atoms with Gasteiger partial charge in [-0.2, -0.15) is 0 Å². The van der Waals surface area contributed by atoms with Crippen LogP contribution < -0.4 is 25.0 Å². The highest BCUT2D eigenvalue weighted by atomic mass is 19.1. The van der Waals surface area contributed by atoms with Gasteiger partial charge in [0.05, 0.1) is 25.3 Å². The van der Waals surface area contributed by atoms with Crippen molar-refractivity contribution in [3.63, 3.8) is 0 Å². The second-order valence-corrected chi connectivity index (χ2v) is 9.86. The highest BCUT2D eigenvalue weighted by molar-refractivity contribution is 6.04. The summed E-state index contributed by atoms with van der Waals surface area (Å²) in [4.78, 5) is 22.2. The smallest absolute Gasteiger partial charge is 0.255 e. The second kappa shape index (κ2) is 14.3. The zero-order chi connectivity index (χ0) is 31.8. The fraction of sp³-hybridized carbons (Fsp3) is 0.182. The van der Waals surface area contributed by atoms with Crippen molar-refractivity contribution in [2.24, 2.45) is 0 Å². The Labute approximate surface area is 254 Å². The van der Waals surface area contributed by atoms with E-state index in [1.165, 1.54) is 24.1 Å². The first-order chi connectivity index (χ1) is 21.1. The van der Waals surface area contributed by atoms with E-state index in [-0.39, 0.29) is 11.7 Å². The minimum atomic E-state index is -1.72. The first-order valence-electron chi connectivity index (χ1n) is 13.6. The second-order valence-electron chi connectivity index (χ2n) is 9.86. The van der Waals surface area contributed by atoms with Gasteiger partial charge in [0.2, 0.25) is 6.41 Å². The molecule has 1 heterocycles. The molecule has 10 nitrogen and oxygen atoms in total. The summed E-state index contributed by atoms with van der Waals surface area (Å²) >= 11 is 0. The van der Waals surface area contributed by atoms with Gasteiger partial charge in [0.25, 0.3) is 5.91 Å². The molecule has 1 aromatic heterocycles. The lowest BCUT2D eigenvalue weighted by Gasteiger charge is -2.23. The summed E-state index contributed by atoms with van der Waals surface area (Å²) in [6.45, 7) is 3.59. The van der Waals surface area contributed by atoms with Gasteiger partial charge in [-0.05, 0) is 67.4 Å². The maximum absolute atomic E-state index is 13.1. The van der Waals surface area contributed by atoms with Crippen LogP contribution in [0.15, 0.2) is 84.9 Å². The average molecular weight is 600 g/mol. The van der Waals surface area contributed by atoms with Crippen molar-refractivity contribution in [3.8, 4) is 11.5 Å². The molecular weight excluding hydrogens is 565 g/mol. The Kier molecular flexibility index (Phi) is 10.3. The molecule has 0 radical (unpaired) electrons. The van der Waals surface area contributed by atoms with Gasteiger partial charge in [0.15, 0.2) is 11.6 Å². The molecule has 0 aliphatic heterocycles. The lowest BCUT2D eigenvalue weighted by Crippen LogP contribution is -2.32. The van der Waals surface area contributed by atoms with E-state index >= 15 is 0 Å². The number of aliphatic hydroxyl groups excluding tert-OH is 1. The molecule has 0 unspecified atom stereocenters. The minimum absolute atomic E-state index is 0.233. The number of hydrogen-bond acceptors (Lipinski definition) is 9. The molecule has 0 spiro atoms. The number of carbonyl (C=O) groups excluding carboxylic acids is 1. The van der Waals surface area contributed by atoms with Crippen LogP contribution in [0.4, 0.5) is 27.4 Å². The molecule has 0 aliphatic carbocycles. The predicted molar refractivity (Wildman–Crippen MR) is 169 cm³/mol. The fourth-order valence-corrected chi connectivity index (χ4v) is 4.16.